The molecule has 1 heterocycles. The number of benzene rings is 3. The maximum atomic E-state index is 13.4. The molecule has 3 aromatic rings. The van der Waals surface area contributed by atoms with E-state index in [1.165, 1.54) is 23.9 Å². The van der Waals surface area contributed by atoms with Crippen molar-refractivity contribution < 1.29 is 27.4 Å². The van der Waals surface area contributed by atoms with Gasteiger partial charge < -0.3 is 24.8 Å². The van der Waals surface area contributed by atoms with E-state index < -0.39 is 27.3 Å². The minimum absolute atomic E-state index is 0.0179. The first kappa shape index (κ1) is 26.0. The molecule has 2 atom stereocenters. The van der Waals surface area contributed by atoms with Gasteiger partial charge >= 0.3 is 0 Å². The number of nitrogens with one attached hydrogen (secondary N) is 2. The van der Waals surface area contributed by atoms with E-state index in [1.54, 1.807) is 63.6 Å². The molecule has 8 nitrogen and oxygen atoms in total. The van der Waals surface area contributed by atoms with Gasteiger partial charge in [-0.25, -0.2) is 8.42 Å². The van der Waals surface area contributed by atoms with Crippen molar-refractivity contribution in [1.82, 2.24) is 5.32 Å². The van der Waals surface area contributed by atoms with Gasteiger partial charge in [-0.2, -0.15) is 0 Å². The summed E-state index contributed by atoms with van der Waals surface area (Å²) in [6, 6.07) is 16.5. The van der Waals surface area contributed by atoms with Crippen molar-refractivity contribution in [3.05, 3.63) is 71.2 Å². The standard InChI is InChI=1S/C25H25ClN2O6S2/c1-4-36(30,31)18-10-8-15(9-11-18)23(34-17-7-5-6-16(26)12-17)24(29)28-25-27-19-13-20(32-2)21(33-3)14-22(19)35-25/h5-14,23,25,27H,4H2,1-3H3,(H,28,29). The topological polar surface area (TPSA) is 103 Å². The van der Waals surface area contributed by atoms with Crippen LogP contribution in [0.15, 0.2) is 70.5 Å². The van der Waals surface area contributed by atoms with E-state index in [1.807, 2.05) is 6.07 Å². The number of halogens is 1. The van der Waals surface area contributed by atoms with Crippen LogP contribution < -0.4 is 24.8 Å². The molecule has 0 saturated heterocycles. The summed E-state index contributed by atoms with van der Waals surface area (Å²) >= 11 is 7.51. The summed E-state index contributed by atoms with van der Waals surface area (Å²) in [4.78, 5) is 14.5. The van der Waals surface area contributed by atoms with Gasteiger partial charge in [-0.3, -0.25) is 4.79 Å². The fourth-order valence-corrected chi connectivity index (χ4v) is 5.70. The molecule has 0 aromatic heterocycles. The van der Waals surface area contributed by atoms with Gasteiger partial charge in [0.1, 0.15) is 5.75 Å². The van der Waals surface area contributed by atoms with Crippen molar-refractivity contribution in [3.8, 4) is 17.2 Å². The average molecular weight is 549 g/mol. The smallest absolute Gasteiger partial charge is 0.268 e. The lowest BCUT2D eigenvalue weighted by Crippen LogP contribution is -2.40. The van der Waals surface area contributed by atoms with Crippen molar-refractivity contribution in [1.29, 1.82) is 0 Å². The van der Waals surface area contributed by atoms with Gasteiger partial charge in [-0.1, -0.05) is 48.5 Å². The molecule has 1 amide bonds. The van der Waals surface area contributed by atoms with Crippen molar-refractivity contribution in [3.63, 3.8) is 0 Å². The van der Waals surface area contributed by atoms with Crippen LogP contribution in [0.5, 0.6) is 17.2 Å². The fourth-order valence-electron chi connectivity index (χ4n) is 3.60. The predicted octanol–water partition coefficient (Wildman–Crippen LogP) is 4.89. The Morgan fingerprint density at radius 2 is 1.78 bits per heavy atom. The lowest BCUT2D eigenvalue weighted by atomic mass is 10.1. The Morgan fingerprint density at radius 1 is 1.08 bits per heavy atom. The minimum Gasteiger partial charge on any atom is -0.493 e. The van der Waals surface area contributed by atoms with Crippen LogP contribution in [0.4, 0.5) is 5.69 Å². The Balaban J connectivity index is 1.58. The molecule has 0 fully saturated rings. The van der Waals surface area contributed by atoms with Crippen LogP contribution in [0, 0.1) is 0 Å². The highest BCUT2D eigenvalue weighted by atomic mass is 35.5. The maximum absolute atomic E-state index is 13.4. The zero-order valence-electron chi connectivity index (χ0n) is 19.8. The summed E-state index contributed by atoms with van der Waals surface area (Å²) in [5.74, 6) is 1.12. The van der Waals surface area contributed by atoms with Gasteiger partial charge in [-0.05, 0) is 36.4 Å². The van der Waals surface area contributed by atoms with E-state index >= 15 is 0 Å². The zero-order chi connectivity index (χ0) is 25.9. The first-order chi connectivity index (χ1) is 17.2. The van der Waals surface area contributed by atoms with E-state index in [2.05, 4.69) is 10.6 Å². The number of amides is 1. The lowest BCUT2D eigenvalue weighted by Gasteiger charge is -2.22. The maximum Gasteiger partial charge on any atom is 0.268 e. The molecule has 0 saturated carbocycles. The Bertz CT molecular complexity index is 1330. The van der Waals surface area contributed by atoms with E-state index in [-0.39, 0.29) is 10.6 Å². The van der Waals surface area contributed by atoms with Crippen LogP contribution >= 0.6 is 23.4 Å². The van der Waals surface area contributed by atoms with Gasteiger partial charge in [0.05, 0.1) is 30.6 Å². The van der Waals surface area contributed by atoms with Gasteiger partial charge in [-0.15, -0.1) is 0 Å². The monoisotopic (exact) mass is 548 g/mol. The number of fused-ring (bicyclic) bond motifs is 1. The number of hydrogen-bond acceptors (Lipinski definition) is 8. The molecule has 0 bridgehead atoms. The highest BCUT2D eigenvalue weighted by molar-refractivity contribution is 8.00. The van der Waals surface area contributed by atoms with Crippen molar-refractivity contribution in [2.45, 2.75) is 28.3 Å². The van der Waals surface area contributed by atoms with Crippen LogP contribution in [-0.4, -0.2) is 39.8 Å². The van der Waals surface area contributed by atoms with E-state index in [0.29, 0.717) is 27.8 Å². The number of hydrogen-bond donors (Lipinski definition) is 2. The molecule has 1 aliphatic heterocycles. The SMILES string of the molecule is CCS(=O)(=O)c1ccc(C(Oc2cccc(Cl)c2)C(=O)NC2Nc3cc(OC)c(OC)cc3S2)cc1. The number of carbonyl (C=O) groups excluding carboxylic acids is 1. The van der Waals surface area contributed by atoms with Crippen molar-refractivity contribution in [2.75, 3.05) is 25.3 Å². The number of sulfone groups is 1. The molecule has 0 radical (unpaired) electrons. The molecular formula is C25H25ClN2O6S2. The highest BCUT2D eigenvalue weighted by Crippen LogP contribution is 2.44. The summed E-state index contributed by atoms with van der Waals surface area (Å²) in [6.45, 7) is 1.58. The third-order valence-corrected chi connectivity index (χ3v) is 8.55. The van der Waals surface area contributed by atoms with Crippen molar-refractivity contribution >= 4 is 44.8 Å². The molecule has 190 valence electrons. The quantitative estimate of drug-likeness (QED) is 0.390. The van der Waals surface area contributed by atoms with Gasteiger partial charge in [0.25, 0.3) is 5.91 Å². The Morgan fingerprint density at radius 3 is 2.42 bits per heavy atom. The fraction of sp³-hybridized carbons (Fsp3) is 0.240. The summed E-state index contributed by atoms with van der Waals surface area (Å²) in [7, 11) is -0.262. The summed E-state index contributed by atoms with van der Waals surface area (Å²) in [5, 5.41) is 6.65. The molecular weight excluding hydrogens is 524 g/mol. The summed E-state index contributed by atoms with van der Waals surface area (Å²) < 4.78 is 41.2. The van der Waals surface area contributed by atoms with Crippen LogP contribution in [-0.2, 0) is 14.6 Å². The number of methoxy groups -OCH3 is 2. The zero-order valence-corrected chi connectivity index (χ0v) is 22.2. The molecule has 3 aromatic carbocycles. The molecule has 0 spiro atoms. The molecule has 2 N–H and O–H groups in total. The summed E-state index contributed by atoms with van der Waals surface area (Å²) in [5.41, 5.74) is 0.810. The average Bonchev–Trinajstić information content (AvgIpc) is 3.27. The number of anilines is 1. The van der Waals surface area contributed by atoms with E-state index in [4.69, 9.17) is 25.8 Å². The molecule has 4 rings (SSSR count). The third-order valence-electron chi connectivity index (χ3n) is 5.50. The van der Waals surface area contributed by atoms with E-state index in [9.17, 15) is 13.2 Å². The number of thioether (sulfide) groups is 1. The van der Waals surface area contributed by atoms with Crippen LogP contribution in [0.2, 0.25) is 5.02 Å². The molecule has 2 unspecified atom stereocenters. The second-order valence-electron chi connectivity index (χ2n) is 7.78. The molecule has 11 heteroatoms. The normalized spacial score (nSPS) is 15.4. The largest absolute Gasteiger partial charge is 0.493 e. The molecule has 36 heavy (non-hydrogen) atoms. The Labute approximate surface area is 219 Å². The minimum atomic E-state index is -3.38. The Kier molecular flexibility index (Phi) is 7.87. The number of rotatable bonds is 9. The number of ether oxygens (including phenoxy) is 3. The molecule has 1 aliphatic rings. The predicted molar refractivity (Wildman–Crippen MR) is 140 cm³/mol. The molecule has 0 aliphatic carbocycles. The van der Waals surface area contributed by atoms with Gasteiger partial charge in [0.15, 0.2) is 26.8 Å². The van der Waals surface area contributed by atoms with Crippen LogP contribution in [0.3, 0.4) is 0 Å². The van der Waals surface area contributed by atoms with Crippen LogP contribution in [0.25, 0.3) is 0 Å². The van der Waals surface area contributed by atoms with E-state index in [0.717, 1.165) is 10.6 Å². The van der Waals surface area contributed by atoms with Gasteiger partial charge in [0.2, 0.25) is 6.10 Å². The Hall–Kier alpha value is -3.08. The highest BCUT2D eigenvalue weighted by Gasteiger charge is 2.30. The van der Waals surface area contributed by atoms with Crippen molar-refractivity contribution in [2.24, 2.45) is 0 Å². The second-order valence-corrected chi connectivity index (χ2v) is 11.6. The van der Waals surface area contributed by atoms with Gasteiger partial charge in [0, 0.05) is 21.5 Å². The van der Waals surface area contributed by atoms with Crippen LogP contribution in [0.1, 0.15) is 18.6 Å². The second kappa shape index (κ2) is 10.9. The first-order valence-corrected chi connectivity index (χ1v) is 13.9. The third kappa shape index (κ3) is 5.66. The summed E-state index contributed by atoms with van der Waals surface area (Å²) in [6.07, 6.45) is -1.06. The number of carbonyl (C=O) groups is 1. The first-order valence-electron chi connectivity index (χ1n) is 11.0. The lowest BCUT2D eigenvalue weighted by molar-refractivity contribution is -0.128.